The molecule has 0 aliphatic carbocycles. The minimum Gasteiger partial charge on any atom is -0.436 e. The Morgan fingerprint density at radius 2 is 1.59 bits per heavy atom. The van der Waals surface area contributed by atoms with E-state index in [1.54, 1.807) is 28.8 Å². The van der Waals surface area contributed by atoms with Crippen molar-refractivity contribution in [2.45, 2.75) is 31.1 Å². The molecular formula is C21H20FN3O3S. The van der Waals surface area contributed by atoms with Crippen molar-refractivity contribution < 1.29 is 17.2 Å². The lowest BCUT2D eigenvalue weighted by Gasteiger charge is -2.14. The minimum atomic E-state index is -3.79. The van der Waals surface area contributed by atoms with Gasteiger partial charge in [-0.1, -0.05) is 20.8 Å². The van der Waals surface area contributed by atoms with Crippen LogP contribution in [0.25, 0.3) is 28.3 Å². The number of oxazole rings is 1. The highest BCUT2D eigenvalue weighted by atomic mass is 32.2. The fourth-order valence-electron chi connectivity index (χ4n) is 3.07. The summed E-state index contributed by atoms with van der Waals surface area (Å²) in [5, 5.41) is 9.88. The molecule has 150 valence electrons. The Kier molecular flexibility index (Phi) is 4.36. The Hall–Kier alpha value is -2.97. The van der Waals surface area contributed by atoms with Crippen molar-refractivity contribution in [1.29, 1.82) is 0 Å². The molecule has 0 fully saturated rings. The normalized spacial score (nSPS) is 12.6. The molecule has 0 aliphatic heterocycles. The van der Waals surface area contributed by atoms with E-state index in [1.165, 1.54) is 24.3 Å². The van der Waals surface area contributed by atoms with E-state index < -0.39 is 10.0 Å². The van der Waals surface area contributed by atoms with E-state index in [4.69, 9.17) is 14.7 Å². The van der Waals surface area contributed by atoms with Crippen molar-refractivity contribution in [1.82, 2.24) is 9.61 Å². The second-order valence-electron chi connectivity index (χ2n) is 7.89. The highest BCUT2D eigenvalue weighted by Gasteiger charge is 2.24. The number of hydrogen-bond donors (Lipinski definition) is 1. The van der Waals surface area contributed by atoms with E-state index in [9.17, 15) is 12.8 Å². The van der Waals surface area contributed by atoms with Crippen LogP contribution in [0.15, 0.2) is 63.9 Å². The van der Waals surface area contributed by atoms with Crippen LogP contribution in [-0.4, -0.2) is 18.0 Å². The fraction of sp³-hybridized carbons (Fsp3) is 0.190. The Morgan fingerprint density at radius 3 is 2.14 bits per heavy atom. The number of primary sulfonamides is 1. The molecule has 0 aliphatic rings. The van der Waals surface area contributed by atoms with Gasteiger partial charge in [-0.3, -0.25) is 0 Å². The largest absolute Gasteiger partial charge is 0.436 e. The molecule has 0 saturated carbocycles. The zero-order valence-electron chi connectivity index (χ0n) is 16.2. The Balaban J connectivity index is 1.95. The SMILES string of the molecule is CC(C)(C)c1cc2oc(-c3ccc(S(N)(=O)=O)cc3)c(-c3ccc(F)cc3)n2n1. The van der Waals surface area contributed by atoms with Crippen LogP contribution in [0.4, 0.5) is 4.39 Å². The summed E-state index contributed by atoms with van der Waals surface area (Å²) in [7, 11) is -3.79. The van der Waals surface area contributed by atoms with E-state index >= 15 is 0 Å². The summed E-state index contributed by atoms with van der Waals surface area (Å²) >= 11 is 0. The van der Waals surface area contributed by atoms with Gasteiger partial charge in [-0.2, -0.15) is 9.61 Å². The average Bonchev–Trinajstić information content (AvgIpc) is 3.20. The van der Waals surface area contributed by atoms with E-state index in [-0.39, 0.29) is 16.1 Å². The number of nitrogens with two attached hydrogens (primary N) is 1. The summed E-state index contributed by atoms with van der Waals surface area (Å²) in [5.41, 5.74) is 3.25. The van der Waals surface area contributed by atoms with Gasteiger partial charge >= 0.3 is 0 Å². The first-order chi connectivity index (χ1) is 13.5. The first-order valence-electron chi connectivity index (χ1n) is 8.96. The summed E-state index contributed by atoms with van der Waals surface area (Å²) in [4.78, 5) is 0.0101. The van der Waals surface area contributed by atoms with Crippen molar-refractivity contribution >= 4 is 15.7 Å². The molecule has 4 aromatic rings. The third-order valence-corrected chi connectivity index (χ3v) is 5.57. The molecule has 2 aromatic heterocycles. The second-order valence-corrected chi connectivity index (χ2v) is 9.45. The summed E-state index contributed by atoms with van der Waals surface area (Å²) in [6.45, 7) is 6.16. The lowest BCUT2D eigenvalue weighted by molar-refractivity contribution is 0.563. The highest BCUT2D eigenvalue weighted by molar-refractivity contribution is 7.89. The van der Waals surface area contributed by atoms with Gasteiger partial charge in [-0.25, -0.2) is 17.9 Å². The number of halogens is 1. The molecule has 8 heteroatoms. The van der Waals surface area contributed by atoms with Gasteiger partial charge in [0.05, 0.1) is 10.6 Å². The first kappa shape index (κ1) is 19.4. The molecule has 0 radical (unpaired) electrons. The Bertz CT molecular complexity index is 1300. The molecule has 0 amide bonds. The van der Waals surface area contributed by atoms with Crippen LogP contribution >= 0.6 is 0 Å². The van der Waals surface area contributed by atoms with Crippen LogP contribution in [-0.2, 0) is 15.4 Å². The van der Waals surface area contributed by atoms with E-state index in [2.05, 4.69) is 20.8 Å². The first-order valence-corrected chi connectivity index (χ1v) is 10.5. The molecule has 4 rings (SSSR count). The van der Waals surface area contributed by atoms with Gasteiger partial charge in [-0.15, -0.1) is 0 Å². The number of sulfonamides is 1. The van der Waals surface area contributed by atoms with Crippen LogP contribution in [0.2, 0.25) is 0 Å². The number of rotatable bonds is 3. The van der Waals surface area contributed by atoms with Crippen LogP contribution in [0.3, 0.4) is 0 Å². The molecule has 0 unspecified atom stereocenters. The molecule has 0 spiro atoms. The maximum atomic E-state index is 13.5. The van der Waals surface area contributed by atoms with Gasteiger partial charge in [0.25, 0.3) is 0 Å². The van der Waals surface area contributed by atoms with Crippen molar-refractivity contribution in [2.24, 2.45) is 5.14 Å². The molecule has 0 atom stereocenters. The number of hydrogen-bond acceptors (Lipinski definition) is 4. The number of fused-ring (bicyclic) bond motifs is 1. The van der Waals surface area contributed by atoms with Crippen LogP contribution in [0.1, 0.15) is 26.5 Å². The predicted octanol–water partition coefficient (Wildman–Crippen LogP) is 4.35. The molecule has 2 aromatic carbocycles. The zero-order chi connectivity index (χ0) is 21.0. The molecule has 0 saturated heterocycles. The van der Waals surface area contributed by atoms with Gasteiger partial charge in [-0.05, 0) is 48.5 Å². The smallest absolute Gasteiger partial charge is 0.238 e. The van der Waals surface area contributed by atoms with Crippen LogP contribution in [0.5, 0.6) is 0 Å². The predicted molar refractivity (Wildman–Crippen MR) is 108 cm³/mol. The van der Waals surface area contributed by atoms with Gasteiger partial charge < -0.3 is 4.42 Å². The molecule has 0 bridgehead atoms. The summed E-state index contributed by atoms with van der Waals surface area (Å²) in [6.07, 6.45) is 0. The molecular weight excluding hydrogens is 393 g/mol. The maximum Gasteiger partial charge on any atom is 0.238 e. The lowest BCUT2D eigenvalue weighted by Crippen LogP contribution is -2.12. The monoisotopic (exact) mass is 413 g/mol. The zero-order valence-corrected chi connectivity index (χ0v) is 17.0. The lowest BCUT2D eigenvalue weighted by atomic mass is 9.93. The van der Waals surface area contributed by atoms with Crippen LogP contribution in [0, 0.1) is 5.82 Å². The number of aromatic nitrogens is 2. The number of benzene rings is 2. The summed E-state index contributed by atoms with van der Waals surface area (Å²) < 4.78 is 44.3. The number of nitrogens with zero attached hydrogens (tertiary/aromatic N) is 2. The molecule has 29 heavy (non-hydrogen) atoms. The molecule has 2 heterocycles. The second kappa shape index (κ2) is 6.53. The summed E-state index contributed by atoms with van der Waals surface area (Å²) in [6, 6.07) is 14.0. The topological polar surface area (TPSA) is 90.6 Å². The molecule has 2 N–H and O–H groups in total. The summed E-state index contributed by atoms with van der Waals surface area (Å²) in [5.74, 6) is 0.156. The van der Waals surface area contributed by atoms with Crippen molar-refractivity contribution in [3.63, 3.8) is 0 Å². The van der Waals surface area contributed by atoms with E-state index in [1.807, 2.05) is 6.07 Å². The van der Waals surface area contributed by atoms with Crippen molar-refractivity contribution in [2.75, 3.05) is 0 Å². The van der Waals surface area contributed by atoms with Crippen LogP contribution < -0.4 is 5.14 Å². The Morgan fingerprint density at radius 1 is 1.00 bits per heavy atom. The standard InChI is InChI=1S/C21H20FN3O3S/c1-21(2,3)17-12-18-25(24-17)19(13-4-8-15(22)9-5-13)20(28-18)14-6-10-16(11-7-14)29(23,26)27/h4-12H,1-3H3,(H2,23,26,27). The van der Waals surface area contributed by atoms with Gasteiger partial charge in [0.15, 0.2) is 5.76 Å². The minimum absolute atomic E-state index is 0.0101. The average molecular weight is 413 g/mol. The Labute approximate surface area is 167 Å². The quantitative estimate of drug-likeness (QED) is 0.541. The van der Waals surface area contributed by atoms with E-state index in [0.717, 1.165) is 11.3 Å². The van der Waals surface area contributed by atoms with Crippen molar-refractivity contribution in [3.8, 4) is 22.6 Å². The fourth-order valence-corrected chi connectivity index (χ4v) is 3.58. The maximum absolute atomic E-state index is 13.5. The van der Waals surface area contributed by atoms with Crippen molar-refractivity contribution in [3.05, 3.63) is 66.1 Å². The van der Waals surface area contributed by atoms with Gasteiger partial charge in [0.2, 0.25) is 15.7 Å². The third kappa shape index (κ3) is 3.56. The molecule has 6 nitrogen and oxygen atoms in total. The van der Waals surface area contributed by atoms with E-state index in [0.29, 0.717) is 22.7 Å². The van der Waals surface area contributed by atoms with Gasteiger partial charge in [0, 0.05) is 22.6 Å². The highest BCUT2D eigenvalue weighted by Crippen LogP contribution is 2.37. The van der Waals surface area contributed by atoms with Gasteiger partial charge in [0.1, 0.15) is 11.5 Å². The third-order valence-electron chi connectivity index (χ3n) is 4.64.